The number of hydrogen-bond donors (Lipinski definition) is 1. The van der Waals surface area contributed by atoms with Crippen LogP contribution in [0.25, 0.3) is 105 Å². The Hall–Kier alpha value is -7.37. The van der Waals surface area contributed by atoms with Gasteiger partial charge in [0.15, 0.2) is 0 Å². The highest BCUT2D eigenvalue weighted by Crippen LogP contribution is 2.39. The van der Waals surface area contributed by atoms with Gasteiger partial charge in [-0.15, -0.1) is 0 Å². The van der Waals surface area contributed by atoms with E-state index in [1.165, 1.54) is 59.9 Å². The molecule has 0 amide bonds. The van der Waals surface area contributed by atoms with Crippen molar-refractivity contribution in [1.82, 2.24) is 23.7 Å². The number of H-pyrrole nitrogens is 1. The third kappa shape index (κ3) is 4.12. The molecule has 4 heterocycles. The van der Waals surface area contributed by atoms with E-state index in [1.807, 2.05) is 0 Å². The van der Waals surface area contributed by atoms with Crippen molar-refractivity contribution in [1.29, 1.82) is 0 Å². The van der Waals surface area contributed by atoms with E-state index in [0.717, 1.165) is 45.0 Å². The van der Waals surface area contributed by atoms with Crippen molar-refractivity contribution in [2.45, 2.75) is 0 Å². The van der Waals surface area contributed by atoms with Crippen LogP contribution in [-0.2, 0) is 0 Å². The van der Waals surface area contributed by atoms with Gasteiger partial charge in [-0.05, 0) is 91.0 Å². The van der Waals surface area contributed by atoms with Gasteiger partial charge in [-0.2, -0.15) is 0 Å². The maximum absolute atomic E-state index is 5.18. The van der Waals surface area contributed by atoms with Crippen LogP contribution in [0.5, 0.6) is 0 Å². The molecule has 0 aliphatic rings. The van der Waals surface area contributed by atoms with Gasteiger partial charge in [0.2, 0.25) is 0 Å². The van der Waals surface area contributed by atoms with Crippen LogP contribution in [0.4, 0.5) is 0 Å². The second-order valence-corrected chi connectivity index (χ2v) is 14.1. The molecule has 12 aromatic rings. The zero-order chi connectivity index (χ0) is 35.3. The van der Waals surface area contributed by atoms with Crippen LogP contribution >= 0.6 is 0 Å². The number of benzene rings is 8. The van der Waals surface area contributed by atoms with Crippen molar-refractivity contribution in [3.8, 4) is 28.5 Å². The smallest absolute Gasteiger partial charge is 0.138 e. The van der Waals surface area contributed by atoms with E-state index in [-0.39, 0.29) is 0 Å². The molecule has 0 fully saturated rings. The molecule has 0 aliphatic heterocycles. The summed E-state index contributed by atoms with van der Waals surface area (Å²) < 4.78 is 7.11. The molecule has 0 unspecified atom stereocenters. The van der Waals surface area contributed by atoms with Crippen molar-refractivity contribution in [3.05, 3.63) is 182 Å². The molecule has 1 N–H and O–H groups in total. The maximum atomic E-state index is 5.18. The molecule has 5 heteroatoms. The van der Waals surface area contributed by atoms with Crippen LogP contribution in [0.1, 0.15) is 0 Å². The largest absolute Gasteiger partial charge is 0.338 e. The van der Waals surface area contributed by atoms with Gasteiger partial charge in [0.05, 0.1) is 44.1 Å². The number of fused-ring (bicyclic) bond motifs is 10. The molecule has 8 aromatic carbocycles. The van der Waals surface area contributed by atoms with Gasteiger partial charge >= 0.3 is 0 Å². The average molecular weight is 690 g/mol. The molecule has 0 saturated heterocycles. The summed E-state index contributed by atoms with van der Waals surface area (Å²) in [6.07, 6.45) is 0. The highest BCUT2D eigenvalue weighted by molar-refractivity contribution is 6.14. The van der Waals surface area contributed by atoms with E-state index < -0.39 is 0 Å². The summed E-state index contributed by atoms with van der Waals surface area (Å²) in [5, 5.41) is 7.40. The first kappa shape index (κ1) is 29.2. The molecule has 0 aliphatic carbocycles. The second kappa shape index (κ2) is 11.1. The normalized spacial score (nSPS) is 12.1. The van der Waals surface area contributed by atoms with Gasteiger partial charge in [0.25, 0.3) is 0 Å². The fourth-order valence-corrected chi connectivity index (χ4v) is 8.81. The summed E-state index contributed by atoms with van der Waals surface area (Å²) >= 11 is 0. The van der Waals surface area contributed by atoms with E-state index in [9.17, 15) is 0 Å². The van der Waals surface area contributed by atoms with Crippen molar-refractivity contribution in [2.24, 2.45) is 0 Å². The fourth-order valence-electron chi connectivity index (χ4n) is 8.81. The summed E-state index contributed by atoms with van der Waals surface area (Å²) in [5.41, 5.74) is 13.5. The minimum absolute atomic E-state index is 0.859. The quantitative estimate of drug-likeness (QED) is 0.196. The molecule has 252 valence electrons. The Bertz CT molecular complexity index is 3380. The first-order chi connectivity index (χ1) is 26.8. The lowest BCUT2D eigenvalue weighted by Crippen LogP contribution is -1.95. The minimum atomic E-state index is 0.859. The van der Waals surface area contributed by atoms with E-state index in [4.69, 9.17) is 4.98 Å². The number of nitrogens with zero attached hydrogens (tertiary/aromatic N) is 4. The molecule has 4 aromatic heterocycles. The molecule has 0 atom stereocenters. The Labute approximate surface area is 309 Å². The van der Waals surface area contributed by atoms with Gasteiger partial charge in [0.1, 0.15) is 5.82 Å². The van der Waals surface area contributed by atoms with Crippen LogP contribution in [0.15, 0.2) is 182 Å². The number of aromatic nitrogens is 5. The Balaban J connectivity index is 1.00. The monoisotopic (exact) mass is 689 g/mol. The van der Waals surface area contributed by atoms with Gasteiger partial charge in [-0.1, -0.05) is 91.0 Å². The standard InChI is InChI=1S/C49H31N5/c1-2-12-32(13-3-1)52-45-20-10-6-16-37(45)39-28-34(26-27-47(39)52)54-46-21-11-7-17-38(46)40-29-41-42(30-48(40)54)51-49(50-41)31-22-24-33(25-23-31)53-43-18-8-4-14-35(43)36-15-5-9-19-44(36)53/h1-30H,(H,50,51). The highest BCUT2D eigenvalue weighted by atomic mass is 15.0. The first-order valence-electron chi connectivity index (χ1n) is 18.4. The van der Waals surface area contributed by atoms with E-state index >= 15 is 0 Å². The number of para-hydroxylation sites is 5. The summed E-state index contributed by atoms with van der Waals surface area (Å²) in [7, 11) is 0. The van der Waals surface area contributed by atoms with Gasteiger partial charge in [-0.25, -0.2) is 4.98 Å². The molecule has 12 rings (SSSR count). The second-order valence-electron chi connectivity index (χ2n) is 14.1. The van der Waals surface area contributed by atoms with Crippen LogP contribution < -0.4 is 0 Å². The molecule has 0 radical (unpaired) electrons. The number of imidazole rings is 1. The highest BCUT2D eigenvalue weighted by Gasteiger charge is 2.18. The molecule has 0 bridgehead atoms. The molecular formula is C49H31N5. The Kier molecular flexibility index (Phi) is 5.99. The third-order valence-corrected chi connectivity index (χ3v) is 11.2. The zero-order valence-corrected chi connectivity index (χ0v) is 29.1. The van der Waals surface area contributed by atoms with Gasteiger partial charge in [-0.3, -0.25) is 0 Å². The van der Waals surface area contributed by atoms with E-state index in [0.29, 0.717) is 0 Å². The van der Waals surface area contributed by atoms with Crippen LogP contribution in [0, 0.1) is 0 Å². The SMILES string of the molecule is c1ccc(-n2c3ccccc3c3cc(-n4c5ccccc5c5cc6[nH]c(-c7ccc(-n8c9ccccc9c9ccccc98)cc7)nc6cc54)ccc32)cc1. The molecular weight excluding hydrogens is 659 g/mol. The average Bonchev–Trinajstić information content (AvgIpc) is 3.98. The number of rotatable bonds is 4. The van der Waals surface area contributed by atoms with Crippen molar-refractivity contribution in [3.63, 3.8) is 0 Å². The molecule has 5 nitrogen and oxygen atoms in total. The minimum Gasteiger partial charge on any atom is -0.338 e. The predicted molar refractivity (Wildman–Crippen MR) is 225 cm³/mol. The third-order valence-electron chi connectivity index (χ3n) is 11.2. The topological polar surface area (TPSA) is 43.5 Å². The van der Waals surface area contributed by atoms with Crippen molar-refractivity contribution in [2.75, 3.05) is 0 Å². The summed E-state index contributed by atoms with van der Waals surface area (Å²) in [5.74, 6) is 0.859. The number of nitrogens with one attached hydrogen (secondary N) is 1. The van der Waals surface area contributed by atoms with Gasteiger partial charge in [0, 0.05) is 54.9 Å². The Morgan fingerprint density at radius 2 is 0.778 bits per heavy atom. The summed E-state index contributed by atoms with van der Waals surface area (Å²) in [6, 6.07) is 65.4. The van der Waals surface area contributed by atoms with Crippen molar-refractivity contribution < 1.29 is 0 Å². The van der Waals surface area contributed by atoms with E-state index in [2.05, 4.69) is 201 Å². The Morgan fingerprint density at radius 3 is 1.37 bits per heavy atom. The van der Waals surface area contributed by atoms with Crippen LogP contribution in [0.2, 0.25) is 0 Å². The molecule has 0 saturated carbocycles. The number of aromatic amines is 1. The number of hydrogen-bond acceptors (Lipinski definition) is 1. The predicted octanol–water partition coefficient (Wildman–Crippen LogP) is 12.5. The summed E-state index contributed by atoms with van der Waals surface area (Å²) in [6.45, 7) is 0. The summed E-state index contributed by atoms with van der Waals surface area (Å²) in [4.78, 5) is 8.84. The lowest BCUT2D eigenvalue weighted by atomic mass is 10.1. The van der Waals surface area contributed by atoms with Gasteiger partial charge < -0.3 is 18.7 Å². The lowest BCUT2D eigenvalue weighted by molar-refractivity contribution is 1.17. The van der Waals surface area contributed by atoms with Crippen molar-refractivity contribution >= 4 is 76.5 Å². The molecule has 54 heavy (non-hydrogen) atoms. The van der Waals surface area contributed by atoms with Crippen LogP contribution in [0.3, 0.4) is 0 Å². The Morgan fingerprint density at radius 1 is 0.333 bits per heavy atom. The lowest BCUT2D eigenvalue weighted by Gasteiger charge is -2.10. The fraction of sp³-hybridized carbons (Fsp3) is 0. The maximum Gasteiger partial charge on any atom is 0.138 e. The zero-order valence-electron chi connectivity index (χ0n) is 29.1. The first-order valence-corrected chi connectivity index (χ1v) is 18.4. The van der Waals surface area contributed by atoms with Crippen LogP contribution in [-0.4, -0.2) is 23.7 Å². The van der Waals surface area contributed by atoms with E-state index in [1.54, 1.807) is 0 Å². The molecule has 0 spiro atoms.